The standard InChI is InChI=1S/C20H19BFNO4/c1-19(2)20(3,4)27-21(26-19)16-11-15(8-6-13(16)12-24)25-18-9-7-14(23-5)10-17(18)22/h6-12H,1-4H3. The van der Waals surface area contributed by atoms with Crippen molar-refractivity contribution in [2.75, 3.05) is 0 Å². The third-order valence-corrected chi connectivity index (χ3v) is 4.96. The summed E-state index contributed by atoms with van der Waals surface area (Å²) >= 11 is 0. The van der Waals surface area contributed by atoms with Crippen molar-refractivity contribution >= 4 is 24.6 Å². The number of benzene rings is 2. The lowest BCUT2D eigenvalue weighted by Gasteiger charge is -2.32. The van der Waals surface area contributed by atoms with E-state index in [1.54, 1.807) is 18.2 Å². The highest BCUT2D eigenvalue weighted by molar-refractivity contribution is 6.63. The Morgan fingerprint density at radius 2 is 1.78 bits per heavy atom. The number of aldehydes is 1. The quantitative estimate of drug-likeness (QED) is 0.460. The lowest BCUT2D eigenvalue weighted by molar-refractivity contribution is 0.00578. The van der Waals surface area contributed by atoms with Crippen LogP contribution in [-0.4, -0.2) is 24.6 Å². The van der Waals surface area contributed by atoms with Gasteiger partial charge in [-0.2, -0.15) is 0 Å². The van der Waals surface area contributed by atoms with Crippen molar-refractivity contribution in [1.29, 1.82) is 0 Å². The molecule has 1 aliphatic heterocycles. The average molecular weight is 367 g/mol. The van der Waals surface area contributed by atoms with E-state index >= 15 is 0 Å². The highest BCUT2D eigenvalue weighted by Gasteiger charge is 2.52. The van der Waals surface area contributed by atoms with Crippen LogP contribution in [0, 0.1) is 12.4 Å². The third kappa shape index (κ3) is 3.59. The van der Waals surface area contributed by atoms with E-state index in [1.807, 2.05) is 27.7 Å². The topological polar surface area (TPSA) is 49.1 Å². The van der Waals surface area contributed by atoms with Crippen molar-refractivity contribution < 1.29 is 23.2 Å². The molecule has 0 bridgehead atoms. The fourth-order valence-electron chi connectivity index (χ4n) is 2.67. The van der Waals surface area contributed by atoms with E-state index in [4.69, 9.17) is 20.6 Å². The molecule has 5 nitrogen and oxygen atoms in total. The zero-order valence-electron chi connectivity index (χ0n) is 15.6. The molecule has 1 heterocycles. The van der Waals surface area contributed by atoms with Crippen LogP contribution in [0.1, 0.15) is 38.1 Å². The zero-order chi connectivity index (χ0) is 19.8. The highest BCUT2D eigenvalue weighted by Crippen LogP contribution is 2.37. The molecule has 0 unspecified atom stereocenters. The predicted octanol–water partition coefficient (Wildman–Crippen LogP) is 4.28. The van der Waals surface area contributed by atoms with E-state index in [2.05, 4.69) is 4.85 Å². The van der Waals surface area contributed by atoms with Gasteiger partial charge in [-0.1, -0.05) is 6.07 Å². The Bertz CT molecular complexity index is 920. The van der Waals surface area contributed by atoms with Gasteiger partial charge in [0.25, 0.3) is 0 Å². The summed E-state index contributed by atoms with van der Waals surface area (Å²) in [5.74, 6) is -0.318. The normalized spacial score (nSPS) is 17.4. The van der Waals surface area contributed by atoms with E-state index in [9.17, 15) is 9.18 Å². The van der Waals surface area contributed by atoms with Crippen LogP contribution in [0.4, 0.5) is 10.1 Å². The van der Waals surface area contributed by atoms with E-state index < -0.39 is 24.1 Å². The molecule has 3 rings (SSSR count). The molecule has 0 saturated carbocycles. The highest BCUT2D eigenvalue weighted by atomic mass is 19.1. The van der Waals surface area contributed by atoms with Crippen LogP contribution in [0.15, 0.2) is 36.4 Å². The van der Waals surface area contributed by atoms with Crippen molar-refractivity contribution in [3.05, 3.63) is 59.2 Å². The summed E-state index contributed by atoms with van der Waals surface area (Å²) in [6.45, 7) is 14.6. The van der Waals surface area contributed by atoms with Crippen molar-refractivity contribution in [2.45, 2.75) is 38.9 Å². The third-order valence-electron chi connectivity index (χ3n) is 4.96. The Balaban J connectivity index is 1.93. The largest absolute Gasteiger partial charge is 0.495 e. The molecular formula is C20H19BFNO4. The number of ether oxygens (including phenoxy) is 1. The first-order chi connectivity index (χ1) is 12.7. The molecule has 1 saturated heterocycles. The lowest BCUT2D eigenvalue weighted by atomic mass is 9.76. The Morgan fingerprint density at radius 1 is 1.11 bits per heavy atom. The van der Waals surface area contributed by atoms with Crippen molar-refractivity contribution in [1.82, 2.24) is 0 Å². The molecule has 7 heteroatoms. The minimum absolute atomic E-state index is 0.0129. The van der Waals surface area contributed by atoms with E-state index in [-0.39, 0.29) is 11.4 Å². The van der Waals surface area contributed by atoms with Gasteiger partial charge in [-0.3, -0.25) is 4.79 Å². The van der Waals surface area contributed by atoms with E-state index in [1.165, 1.54) is 12.1 Å². The van der Waals surface area contributed by atoms with Crippen LogP contribution >= 0.6 is 0 Å². The molecule has 138 valence electrons. The Morgan fingerprint density at radius 3 is 2.33 bits per heavy atom. The summed E-state index contributed by atoms with van der Waals surface area (Å²) in [5, 5.41) is 0. The molecule has 0 N–H and O–H groups in total. The Labute approximate surface area is 158 Å². The maximum Gasteiger partial charge on any atom is 0.495 e. The number of carbonyl (C=O) groups is 1. The SMILES string of the molecule is [C-]#[N+]c1ccc(Oc2ccc(C=O)c(B3OC(C)(C)C(C)(C)O3)c2)c(F)c1. The number of hydrogen-bond acceptors (Lipinski definition) is 4. The molecule has 0 aliphatic carbocycles. The van der Waals surface area contributed by atoms with Gasteiger partial charge in [0, 0.05) is 5.56 Å². The first-order valence-electron chi connectivity index (χ1n) is 8.46. The maximum absolute atomic E-state index is 14.1. The van der Waals surface area contributed by atoms with Gasteiger partial charge in [0.05, 0.1) is 17.8 Å². The van der Waals surface area contributed by atoms with Gasteiger partial charge < -0.3 is 14.0 Å². The molecule has 0 atom stereocenters. The van der Waals surface area contributed by atoms with Gasteiger partial charge in [0.15, 0.2) is 17.3 Å². The second-order valence-corrected chi connectivity index (χ2v) is 7.33. The van der Waals surface area contributed by atoms with Crippen molar-refractivity contribution in [2.24, 2.45) is 0 Å². The molecule has 0 amide bonds. The van der Waals surface area contributed by atoms with Gasteiger partial charge in [-0.05, 0) is 63.5 Å². The molecule has 2 aromatic carbocycles. The molecular weight excluding hydrogens is 348 g/mol. The van der Waals surface area contributed by atoms with Crippen LogP contribution in [0.3, 0.4) is 0 Å². The number of nitrogens with zero attached hydrogens (tertiary/aromatic N) is 1. The zero-order valence-corrected chi connectivity index (χ0v) is 15.6. The van der Waals surface area contributed by atoms with Crippen LogP contribution < -0.4 is 10.2 Å². The van der Waals surface area contributed by atoms with Gasteiger partial charge in [0.2, 0.25) is 0 Å². The van der Waals surface area contributed by atoms with Gasteiger partial charge >= 0.3 is 7.12 Å². The minimum Gasteiger partial charge on any atom is -0.454 e. The van der Waals surface area contributed by atoms with Gasteiger partial charge in [0.1, 0.15) is 12.0 Å². The second kappa shape index (κ2) is 6.80. The van der Waals surface area contributed by atoms with Crippen LogP contribution in [0.25, 0.3) is 4.85 Å². The molecule has 0 radical (unpaired) electrons. The molecule has 0 aromatic heterocycles. The summed E-state index contributed by atoms with van der Waals surface area (Å²) in [7, 11) is -0.743. The van der Waals surface area contributed by atoms with Crippen LogP contribution in [-0.2, 0) is 9.31 Å². The smallest absolute Gasteiger partial charge is 0.454 e. The maximum atomic E-state index is 14.1. The number of hydrogen-bond donors (Lipinski definition) is 0. The van der Waals surface area contributed by atoms with Crippen LogP contribution in [0.2, 0.25) is 0 Å². The first kappa shape index (κ1) is 19.1. The monoisotopic (exact) mass is 367 g/mol. The Hall–Kier alpha value is -2.69. The van der Waals surface area contributed by atoms with Gasteiger partial charge in [-0.15, -0.1) is 0 Å². The molecule has 27 heavy (non-hydrogen) atoms. The molecule has 1 fully saturated rings. The van der Waals surface area contributed by atoms with E-state index in [0.717, 1.165) is 12.4 Å². The van der Waals surface area contributed by atoms with Crippen LogP contribution in [0.5, 0.6) is 11.5 Å². The molecule has 2 aromatic rings. The van der Waals surface area contributed by atoms with E-state index in [0.29, 0.717) is 16.8 Å². The minimum atomic E-state index is -0.743. The van der Waals surface area contributed by atoms with Gasteiger partial charge in [-0.25, -0.2) is 9.24 Å². The van der Waals surface area contributed by atoms with Crippen molar-refractivity contribution in [3.8, 4) is 11.5 Å². The summed E-state index contributed by atoms with van der Waals surface area (Å²) in [6.07, 6.45) is 0.718. The fraction of sp³-hybridized carbons (Fsp3) is 0.300. The molecule has 1 aliphatic rings. The predicted molar refractivity (Wildman–Crippen MR) is 100 cm³/mol. The summed E-state index contributed by atoms with van der Waals surface area (Å²) in [4.78, 5) is 14.6. The number of rotatable bonds is 4. The number of halogens is 1. The lowest BCUT2D eigenvalue weighted by Crippen LogP contribution is -2.41. The average Bonchev–Trinajstić information content (AvgIpc) is 2.84. The number of carbonyl (C=O) groups excluding carboxylic acids is 1. The van der Waals surface area contributed by atoms with Crippen molar-refractivity contribution in [3.63, 3.8) is 0 Å². The molecule has 0 spiro atoms. The second-order valence-electron chi connectivity index (χ2n) is 7.33. The summed E-state index contributed by atoms with van der Waals surface area (Å²) in [6, 6.07) is 8.73. The first-order valence-corrected chi connectivity index (χ1v) is 8.46. The summed E-state index contributed by atoms with van der Waals surface area (Å²) < 4.78 is 31.7. The Kier molecular flexibility index (Phi) is 4.81. The summed E-state index contributed by atoms with van der Waals surface area (Å²) in [5.41, 5.74) is -0.00896. The fourth-order valence-corrected chi connectivity index (χ4v) is 2.67.